The molecule has 1 heterocycles. The van der Waals surface area contributed by atoms with Gasteiger partial charge in [-0.1, -0.05) is 25.7 Å². The van der Waals surface area contributed by atoms with E-state index < -0.39 is 0 Å². The molecule has 3 fully saturated rings. The monoisotopic (exact) mass is 250 g/mol. The van der Waals surface area contributed by atoms with Gasteiger partial charge in [0.15, 0.2) is 0 Å². The number of hydrogen-bond donors (Lipinski definition) is 1. The van der Waals surface area contributed by atoms with Crippen molar-refractivity contribution in [1.29, 1.82) is 0 Å². The predicted molar refractivity (Wildman–Crippen MR) is 76.8 cm³/mol. The van der Waals surface area contributed by atoms with Crippen LogP contribution in [0.5, 0.6) is 0 Å². The summed E-state index contributed by atoms with van der Waals surface area (Å²) in [4.78, 5) is 2.80. The third kappa shape index (κ3) is 3.08. The molecule has 18 heavy (non-hydrogen) atoms. The highest BCUT2D eigenvalue weighted by Gasteiger charge is 2.34. The van der Waals surface area contributed by atoms with Gasteiger partial charge in [-0.3, -0.25) is 4.90 Å². The number of nitrogens with one attached hydrogen (secondary N) is 1. The van der Waals surface area contributed by atoms with Crippen LogP contribution in [0.4, 0.5) is 0 Å². The molecule has 0 radical (unpaired) electrons. The van der Waals surface area contributed by atoms with Crippen molar-refractivity contribution >= 4 is 0 Å². The van der Waals surface area contributed by atoms with Crippen LogP contribution in [0.1, 0.15) is 64.2 Å². The van der Waals surface area contributed by atoms with Gasteiger partial charge in [-0.05, 0) is 51.0 Å². The first-order chi connectivity index (χ1) is 8.93. The van der Waals surface area contributed by atoms with Crippen LogP contribution in [-0.2, 0) is 0 Å². The second kappa shape index (κ2) is 6.38. The lowest BCUT2D eigenvalue weighted by atomic mass is 9.92. The number of rotatable bonds is 4. The Labute approximate surface area is 113 Å². The van der Waals surface area contributed by atoms with E-state index in [1.54, 1.807) is 0 Å². The first kappa shape index (κ1) is 12.9. The van der Waals surface area contributed by atoms with Crippen molar-refractivity contribution in [3.63, 3.8) is 0 Å². The van der Waals surface area contributed by atoms with Crippen LogP contribution in [0.2, 0.25) is 0 Å². The minimum atomic E-state index is 0.836. The van der Waals surface area contributed by atoms with Crippen molar-refractivity contribution in [3.8, 4) is 0 Å². The highest BCUT2D eigenvalue weighted by Crippen LogP contribution is 2.36. The van der Waals surface area contributed by atoms with Gasteiger partial charge in [0.25, 0.3) is 0 Å². The third-order valence-electron chi connectivity index (χ3n) is 5.55. The number of nitrogens with zero attached hydrogens (tertiary/aromatic N) is 1. The maximum atomic E-state index is 3.81. The lowest BCUT2D eigenvalue weighted by Gasteiger charge is -2.38. The van der Waals surface area contributed by atoms with Gasteiger partial charge in [-0.15, -0.1) is 0 Å². The van der Waals surface area contributed by atoms with Crippen LogP contribution >= 0.6 is 0 Å². The zero-order valence-electron chi connectivity index (χ0n) is 11.9. The molecule has 2 aliphatic carbocycles. The van der Waals surface area contributed by atoms with Crippen molar-refractivity contribution in [2.75, 3.05) is 19.6 Å². The fourth-order valence-corrected chi connectivity index (χ4v) is 4.55. The van der Waals surface area contributed by atoms with Gasteiger partial charge in [-0.25, -0.2) is 0 Å². The van der Waals surface area contributed by atoms with Gasteiger partial charge >= 0.3 is 0 Å². The molecule has 0 amide bonds. The summed E-state index contributed by atoms with van der Waals surface area (Å²) >= 11 is 0. The van der Waals surface area contributed by atoms with Crippen LogP contribution in [0.15, 0.2) is 0 Å². The van der Waals surface area contributed by atoms with Crippen LogP contribution in [0.25, 0.3) is 0 Å². The SMILES string of the molecule is C1CCC(NCCN2CCCC3CCCC32)CC1. The Morgan fingerprint density at radius 2 is 1.67 bits per heavy atom. The van der Waals surface area contributed by atoms with E-state index >= 15 is 0 Å². The molecular formula is C16H30N2. The molecule has 2 nitrogen and oxygen atoms in total. The fourth-order valence-electron chi connectivity index (χ4n) is 4.55. The van der Waals surface area contributed by atoms with Crippen LogP contribution in [0.3, 0.4) is 0 Å². The lowest BCUT2D eigenvalue weighted by molar-refractivity contribution is 0.112. The zero-order valence-corrected chi connectivity index (χ0v) is 11.9. The first-order valence-corrected chi connectivity index (χ1v) is 8.41. The van der Waals surface area contributed by atoms with Gasteiger partial charge in [0.05, 0.1) is 0 Å². The molecular weight excluding hydrogens is 220 g/mol. The highest BCUT2D eigenvalue weighted by atomic mass is 15.2. The summed E-state index contributed by atoms with van der Waals surface area (Å²) < 4.78 is 0. The molecule has 0 aromatic rings. The van der Waals surface area contributed by atoms with Gasteiger partial charge in [0.1, 0.15) is 0 Å². The topological polar surface area (TPSA) is 15.3 Å². The Bertz CT molecular complexity index is 247. The highest BCUT2D eigenvalue weighted by molar-refractivity contribution is 4.89. The van der Waals surface area contributed by atoms with Crippen molar-refractivity contribution in [3.05, 3.63) is 0 Å². The summed E-state index contributed by atoms with van der Waals surface area (Å²) in [5.41, 5.74) is 0. The molecule has 0 bridgehead atoms. The van der Waals surface area contributed by atoms with Crippen LogP contribution in [-0.4, -0.2) is 36.6 Å². The maximum absolute atomic E-state index is 3.81. The molecule has 2 unspecified atom stereocenters. The van der Waals surface area contributed by atoms with E-state index in [9.17, 15) is 0 Å². The van der Waals surface area contributed by atoms with Crippen molar-refractivity contribution in [1.82, 2.24) is 10.2 Å². The standard InChI is InChI=1S/C16H30N2/c1-2-8-15(9-3-1)17-11-13-18-12-5-7-14-6-4-10-16(14)18/h14-17H,1-13H2. The summed E-state index contributed by atoms with van der Waals surface area (Å²) in [5.74, 6) is 1.05. The number of fused-ring (bicyclic) bond motifs is 1. The molecule has 1 aliphatic heterocycles. The van der Waals surface area contributed by atoms with E-state index in [0.29, 0.717) is 0 Å². The van der Waals surface area contributed by atoms with E-state index in [1.165, 1.54) is 83.8 Å². The molecule has 3 aliphatic rings. The quantitative estimate of drug-likeness (QED) is 0.824. The van der Waals surface area contributed by atoms with E-state index in [-0.39, 0.29) is 0 Å². The van der Waals surface area contributed by atoms with E-state index in [1.807, 2.05) is 0 Å². The van der Waals surface area contributed by atoms with E-state index in [0.717, 1.165) is 18.0 Å². The molecule has 2 atom stereocenters. The minimum absolute atomic E-state index is 0.836. The molecule has 0 aromatic heterocycles. The number of hydrogen-bond acceptors (Lipinski definition) is 2. The Morgan fingerprint density at radius 1 is 0.833 bits per heavy atom. The maximum Gasteiger partial charge on any atom is 0.0124 e. The largest absolute Gasteiger partial charge is 0.313 e. The second-order valence-corrected chi connectivity index (χ2v) is 6.73. The van der Waals surface area contributed by atoms with Crippen LogP contribution in [0, 0.1) is 5.92 Å². The van der Waals surface area contributed by atoms with Gasteiger partial charge in [0, 0.05) is 25.2 Å². The first-order valence-electron chi connectivity index (χ1n) is 8.41. The predicted octanol–water partition coefficient (Wildman–Crippen LogP) is 3.17. The second-order valence-electron chi connectivity index (χ2n) is 6.73. The van der Waals surface area contributed by atoms with Gasteiger partial charge in [0.2, 0.25) is 0 Å². The Hall–Kier alpha value is -0.0800. The summed E-state index contributed by atoms with van der Waals surface area (Å²) in [7, 11) is 0. The average molecular weight is 250 g/mol. The summed E-state index contributed by atoms with van der Waals surface area (Å²) in [6, 6.07) is 1.79. The van der Waals surface area contributed by atoms with Crippen molar-refractivity contribution < 1.29 is 0 Å². The Balaban J connectivity index is 1.39. The van der Waals surface area contributed by atoms with Crippen molar-refractivity contribution in [2.45, 2.75) is 76.3 Å². The van der Waals surface area contributed by atoms with Gasteiger partial charge in [-0.2, -0.15) is 0 Å². The fraction of sp³-hybridized carbons (Fsp3) is 1.00. The third-order valence-corrected chi connectivity index (χ3v) is 5.55. The summed E-state index contributed by atoms with van der Waals surface area (Å²) in [5, 5.41) is 3.81. The molecule has 1 N–H and O–H groups in total. The average Bonchev–Trinajstić information content (AvgIpc) is 2.89. The Morgan fingerprint density at radius 3 is 2.56 bits per heavy atom. The number of likely N-dealkylation sites (tertiary alicyclic amines) is 1. The zero-order chi connectivity index (χ0) is 12.2. The molecule has 2 saturated carbocycles. The molecule has 0 spiro atoms. The normalized spacial score (nSPS) is 34.7. The Kier molecular flexibility index (Phi) is 4.58. The molecule has 2 heteroatoms. The lowest BCUT2D eigenvalue weighted by Crippen LogP contribution is -2.46. The molecule has 0 aromatic carbocycles. The summed E-state index contributed by atoms with van der Waals surface area (Å²) in [6.45, 7) is 3.90. The molecule has 104 valence electrons. The summed E-state index contributed by atoms with van der Waals surface area (Å²) in [6.07, 6.45) is 14.7. The number of piperidine rings is 1. The molecule has 3 rings (SSSR count). The van der Waals surface area contributed by atoms with E-state index in [2.05, 4.69) is 10.2 Å². The van der Waals surface area contributed by atoms with Crippen molar-refractivity contribution in [2.24, 2.45) is 5.92 Å². The van der Waals surface area contributed by atoms with Crippen LogP contribution < -0.4 is 5.32 Å². The van der Waals surface area contributed by atoms with E-state index in [4.69, 9.17) is 0 Å². The smallest absolute Gasteiger partial charge is 0.0124 e. The molecule has 1 saturated heterocycles. The van der Waals surface area contributed by atoms with Gasteiger partial charge < -0.3 is 5.32 Å². The minimum Gasteiger partial charge on any atom is -0.313 e.